The maximum absolute atomic E-state index is 12.1. The first kappa shape index (κ1) is 21.3. The summed E-state index contributed by atoms with van der Waals surface area (Å²) < 4.78 is 19.4. The highest BCUT2D eigenvalue weighted by molar-refractivity contribution is 5.63. The van der Waals surface area contributed by atoms with Gasteiger partial charge in [-0.15, -0.1) is 0 Å². The second-order valence-electron chi connectivity index (χ2n) is 12.9. The van der Waals surface area contributed by atoms with Gasteiger partial charge in [-0.3, -0.25) is 0 Å². The fourth-order valence-electron chi connectivity index (χ4n) is 9.42. The molecule has 0 radical (unpaired) electrons. The summed E-state index contributed by atoms with van der Waals surface area (Å²) in [4.78, 5) is 0. The fourth-order valence-corrected chi connectivity index (χ4v) is 9.42. The summed E-state index contributed by atoms with van der Waals surface area (Å²) in [5.74, 6) is 3.16. The van der Waals surface area contributed by atoms with Crippen LogP contribution >= 0.6 is 0 Å². The Hall–Kier alpha value is -1.26. The van der Waals surface area contributed by atoms with Crippen LogP contribution in [0.4, 0.5) is 0 Å². The molecule has 1 aliphatic heterocycles. The molecular weight excluding hydrogens is 400 g/mol. The Labute approximate surface area is 193 Å². The zero-order valence-corrected chi connectivity index (χ0v) is 20.9. The summed E-state index contributed by atoms with van der Waals surface area (Å²) in [6.45, 7) is 11.0. The van der Waals surface area contributed by atoms with Gasteiger partial charge in [-0.1, -0.05) is 33.8 Å². The zero-order chi connectivity index (χ0) is 22.9. The van der Waals surface area contributed by atoms with E-state index >= 15 is 0 Å². The second kappa shape index (κ2) is 6.05. The van der Waals surface area contributed by atoms with E-state index in [9.17, 15) is 5.11 Å². The molecule has 7 rings (SSSR count). The Morgan fingerprint density at radius 2 is 1.84 bits per heavy atom. The van der Waals surface area contributed by atoms with Crippen LogP contribution in [0.5, 0.6) is 11.5 Å². The van der Waals surface area contributed by atoms with E-state index in [-0.39, 0.29) is 28.3 Å². The Morgan fingerprint density at radius 3 is 2.50 bits per heavy atom. The monoisotopic (exact) mass is 440 g/mol. The summed E-state index contributed by atoms with van der Waals surface area (Å²) in [7, 11) is 3.61. The van der Waals surface area contributed by atoms with Gasteiger partial charge in [0.2, 0.25) is 0 Å². The molecule has 4 nitrogen and oxygen atoms in total. The van der Waals surface area contributed by atoms with Gasteiger partial charge in [0.05, 0.1) is 12.7 Å². The van der Waals surface area contributed by atoms with Crippen LogP contribution in [0.25, 0.3) is 0 Å². The van der Waals surface area contributed by atoms with Crippen molar-refractivity contribution in [1.29, 1.82) is 0 Å². The summed E-state index contributed by atoms with van der Waals surface area (Å²) in [6, 6.07) is 4.40. The fraction of sp³-hybridized carbons (Fsp3) is 0.786. The van der Waals surface area contributed by atoms with Gasteiger partial charge in [0, 0.05) is 24.0 Å². The normalized spacial score (nSPS) is 45.1. The van der Waals surface area contributed by atoms with Gasteiger partial charge in [0.25, 0.3) is 0 Å². The topological polar surface area (TPSA) is 47.9 Å². The lowest BCUT2D eigenvalue weighted by molar-refractivity contribution is -0.313. The van der Waals surface area contributed by atoms with E-state index in [2.05, 4.69) is 46.8 Å². The lowest BCUT2D eigenvalue weighted by Gasteiger charge is -2.75. The molecule has 5 aliphatic carbocycles. The minimum Gasteiger partial charge on any atom is -0.493 e. The summed E-state index contributed by atoms with van der Waals surface area (Å²) in [5.41, 5.74) is 1.40. The lowest BCUT2D eigenvalue weighted by Crippen LogP contribution is -2.80. The molecule has 4 fully saturated rings. The third kappa shape index (κ3) is 2.02. The van der Waals surface area contributed by atoms with Gasteiger partial charge in [0.1, 0.15) is 11.7 Å². The maximum Gasteiger partial charge on any atom is 0.165 e. The van der Waals surface area contributed by atoms with Crippen LogP contribution in [0.15, 0.2) is 12.1 Å². The quantitative estimate of drug-likeness (QED) is 0.695. The predicted molar refractivity (Wildman–Crippen MR) is 124 cm³/mol. The zero-order valence-electron chi connectivity index (χ0n) is 20.9. The highest BCUT2D eigenvalue weighted by atomic mass is 16.6. The summed E-state index contributed by atoms with van der Waals surface area (Å²) in [6.07, 6.45) is 6.60. The molecule has 176 valence electrons. The van der Waals surface area contributed by atoms with E-state index in [1.54, 1.807) is 7.11 Å². The van der Waals surface area contributed by atoms with Crippen molar-refractivity contribution in [1.82, 2.24) is 0 Å². The predicted octanol–water partition coefficient (Wildman–Crippen LogP) is 5.28. The van der Waals surface area contributed by atoms with Crippen LogP contribution in [0.1, 0.15) is 77.8 Å². The van der Waals surface area contributed by atoms with E-state index in [1.807, 2.05) is 7.11 Å². The van der Waals surface area contributed by atoms with E-state index in [1.165, 1.54) is 24.0 Å². The van der Waals surface area contributed by atoms with Gasteiger partial charge in [-0.2, -0.15) is 0 Å². The minimum absolute atomic E-state index is 0.0274. The van der Waals surface area contributed by atoms with E-state index < -0.39 is 11.2 Å². The Morgan fingerprint density at radius 1 is 1.09 bits per heavy atom. The van der Waals surface area contributed by atoms with E-state index in [4.69, 9.17) is 14.2 Å². The van der Waals surface area contributed by atoms with Gasteiger partial charge < -0.3 is 19.3 Å². The Kier molecular flexibility index (Phi) is 4.02. The SMILES string of the molecule is COc1ccc2c3c1O[C@H]1[C@@]4(OC)CC[C@@]5(C[C@@H]4[C@](C)(O)C(C)(C)C)[C@@H](C2)[C@H](C)CC[C@]315. The first-order valence-electron chi connectivity index (χ1n) is 12.6. The molecule has 2 spiro atoms. The number of hydrogen-bond acceptors (Lipinski definition) is 4. The lowest BCUT2D eigenvalue weighted by atomic mass is 9.30. The van der Waals surface area contributed by atoms with Crippen LogP contribution in [-0.2, 0) is 16.6 Å². The van der Waals surface area contributed by atoms with Crippen LogP contribution in [0, 0.1) is 28.6 Å². The molecule has 1 heterocycles. The van der Waals surface area contributed by atoms with Crippen LogP contribution in [-0.4, -0.2) is 36.6 Å². The van der Waals surface area contributed by atoms with Crippen LogP contribution in [0.3, 0.4) is 0 Å². The van der Waals surface area contributed by atoms with Gasteiger partial charge >= 0.3 is 0 Å². The van der Waals surface area contributed by atoms with Crippen molar-refractivity contribution < 1.29 is 19.3 Å². The number of hydrogen-bond donors (Lipinski definition) is 1. The molecule has 0 unspecified atom stereocenters. The molecule has 4 bridgehead atoms. The van der Waals surface area contributed by atoms with E-state index in [0.29, 0.717) is 11.8 Å². The number of ether oxygens (including phenoxy) is 3. The number of benzene rings is 1. The molecule has 0 saturated heterocycles. The number of methoxy groups -OCH3 is 2. The van der Waals surface area contributed by atoms with Crippen molar-refractivity contribution in [2.45, 2.75) is 95.9 Å². The molecule has 1 aromatic carbocycles. The number of rotatable bonds is 3. The number of fused-ring (bicyclic) bond motifs is 2. The molecule has 1 N–H and O–H groups in total. The number of aliphatic hydroxyl groups is 1. The van der Waals surface area contributed by atoms with Crippen molar-refractivity contribution in [3.8, 4) is 11.5 Å². The molecule has 4 heteroatoms. The molecule has 0 aromatic heterocycles. The average Bonchev–Trinajstić information content (AvgIpc) is 3.12. The molecule has 1 aromatic rings. The van der Waals surface area contributed by atoms with Gasteiger partial charge in [-0.25, -0.2) is 0 Å². The van der Waals surface area contributed by atoms with Gasteiger partial charge in [0.15, 0.2) is 11.5 Å². The third-order valence-electron chi connectivity index (χ3n) is 11.4. The second-order valence-corrected chi connectivity index (χ2v) is 12.9. The standard InChI is InChI=1S/C28H40O4/c1-16-10-11-27-21-17-8-9-19(30-6)22(21)32-23(27)28(31-7)13-12-26(27,18(16)14-17)15-20(28)25(5,29)24(2,3)4/h8-9,16,18,20,23,29H,10-15H2,1-7H3/t16-,18+,20-,23-,25+,26-,27+,28-/m1/s1. The van der Waals surface area contributed by atoms with Crippen molar-refractivity contribution in [2.24, 2.45) is 28.6 Å². The largest absolute Gasteiger partial charge is 0.493 e. The summed E-state index contributed by atoms with van der Waals surface area (Å²) >= 11 is 0. The minimum atomic E-state index is -0.863. The highest BCUT2D eigenvalue weighted by Gasteiger charge is 2.82. The first-order chi connectivity index (χ1) is 15.0. The van der Waals surface area contributed by atoms with Crippen LogP contribution < -0.4 is 9.47 Å². The third-order valence-corrected chi connectivity index (χ3v) is 11.4. The molecule has 0 amide bonds. The van der Waals surface area contributed by atoms with Crippen LogP contribution in [0.2, 0.25) is 0 Å². The van der Waals surface area contributed by atoms with Crippen molar-refractivity contribution in [3.05, 3.63) is 23.3 Å². The van der Waals surface area contributed by atoms with Gasteiger partial charge in [-0.05, 0) is 79.7 Å². The Balaban J connectivity index is 1.65. The van der Waals surface area contributed by atoms with Crippen molar-refractivity contribution in [2.75, 3.05) is 14.2 Å². The molecule has 6 aliphatic rings. The van der Waals surface area contributed by atoms with Crippen molar-refractivity contribution in [3.63, 3.8) is 0 Å². The first-order valence-corrected chi connectivity index (χ1v) is 12.6. The molecule has 4 saturated carbocycles. The summed E-state index contributed by atoms with van der Waals surface area (Å²) in [5, 5.41) is 12.1. The molecular formula is C28H40O4. The highest BCUT2D eigenvalue weighted by Crippen LogP contribution is 2.80. The smallest absolute Gasteiger partial charge is 0.165 e. The molecule has 8 atom stereocenters. The molecule has 32 heavy (non-hydrogen) atoms. The van der Waals surface area contributed by atoms with E-state index in [0.717, 1.165) is 37.2 Å². The van der Waals surface area contributed by atoms with Crippen molar-refractivity contribution >= 4 is 0 Å². The Bertz CT molecular complexity index is 976. The maximum atomic E-state index is 12.1. The average molecular weight is 441 g/mol.